The van der Waals surface area contributed by atoms with Gasteiger partial charge >= 0.3 is 5.97 Å². The molecule has 1 saturated heterocycles. The average molecular weight is 291 g/mol. The third-order valence-corrected chi connectivity index (χ3v) is 4.09. The number of carbonyl (C=O) groups is 2. The monoisotopic (exact) mass is 291 g/mol. The Bertz CT molecular complexity index is 496. The number of hydrogen-bond acceptors (Lipinski definition) is 4. The van der Waals surface area contributed by atoms with E-state index in [1.807, 2.05) is 44.2 Å². The number of hydrogen-bond donors (Lipinski definition) is 1. The molecule has 114 valence electrons. The zero-order valence-electron chi connectivity index (χ0n) is 12.4. The lowest BCUT2D eigenvalue weighted by Crippen LogP contribution is -2.67. The molecule has 1 aliphatic rings. The Hall–Kier alpha value is -1.88. The van der Waals surface area contributed by atoms with E-state index in [0.717, 1.165) is 5.56 Å². The van der Waals surface area contributed by atoms with Crippen molar-refractivity contribution in [3.05, 3.63) is 35.9 Å². The Kier molecular flexibility index (Phi) is 4.96. The van der Waals surface area contributed by atoms with E-state index in [4.69, 9.17) is 9.47 Å². The van der Waals surface area contributed by atoms with Gasteiger partial charge in [-0.2, -0.15) is 0 Å². The van der Waals surface area contributed by atoms with Gasteiger partial charge in [0.05, 0.1) is 5.41 Å². The Morgan fingerprint density at radius 2 is 1.90 bits per heavy atom. The van der Waals surface area contributed by atoms with Crippen molar-refractivity contribution in [2.24, 2.45) is 5.41 Å². The summed E-state index contributed by atoms with van der Waals surface area (Å²) in [6.45, 7) is 3.98. The van der Waals surface area contributed by atoms with Gasteiger partial charge < -0.3 is 14.8 Å². The molecule has 1 aromatic carbocycles. The Morgan fingerprint density at radius 1 is 1.24 bits per heavy atom. The summed E-state index contributed by atoms with van der Waals surface area (Å²) in [5.74, 6) is -0.434. The smallest absolute Gasteiger partial charge is 0.332 e. The van der Waals surface area contributed by atoms with Crippen LogP contribution in [-0.4, -0.2) is 24.7 Å². The molecule has 1 aromatic rings. The summed E-state index contributed by atoms with van der Waals surface area (Å²) in [7, 11) is 0. The molecule has 21 heavy (non-hydrogen) atoms. The van der Waals surface area contributed by atoms with Gasteiger partial charge in [0.15, 0.2) is 0 Å². The van der Waals surface area contributed by atoms with Crippen LogP contribution in [0.25, 0.3) is 0 Å². The third-order valence-electron chi connectivity index (χ3n) is 4.09. The van der Waals surface area contributed by atoms with Crippen LogP contribution < -0.4 is 5.32 Å². The molecule has 0 saturated carbocycles. The van der Waals surface area contributed by atoms with Crippen LogP contribution in [0.2, 0.25) is 0 Å². The lowest BCUT2D eigenvalue weighted by molar-refractivity contribution is -0.183. The van der Waals surface area contributed by atoms with Gasteiger partial charge in [0.25, 0.3) is 0 Å². The van der Waals surface area contributed by atoms with Gasteiger partial charge in [-0.1, -0.05) is 44.2 Å². The van der Waals surface area contributed by atoms with Gasteiger partial charge in [-0.3, -0.25) is 4.79 Å². The second kappa shape index (κ2) is 6.72. The molecule has 1 amide bonds. The number of amides is 1. The second-order valence-electron chi connectivity index (χ2n) is 5.17. The highest BCUT2D eigenvalue weighted by Crippen LogP contribution is 2.38. The van der Waals surface area contributed by atoms with Crippen molar-refractivity contribution in [2.45, 2.75) is 39.5 Å². The Morgan fingerprint density at radius 3 is 2.48 bits per heavy atom. The second-order valence-corrected chi connectivity index (χ2v) is 5.17. The van der Waals surface area contributed by atoms with E-state index in [9.17, 15) is 9.59 Å². The fourth-order valence-corrected chi connectivity index (χ4v) is 2.52. The van der Waals surface area contributed by atoms with Crippen molar-refractivity contribution in [3.63, 3.8) is 0 Å². The first-order chi connectivity index (χ1) is 10.1. The maximum atomic E-state index is 11.7. The number of rotatable bonds is 7. The van der Waals surface area contributed by atoms with Gasteiger partial charge in [-0.25, -0.2) is 4.79 Å². The Labute approximate surface area is 124 Å². The summed E-state index contributed by atoms with van der Waals surface area (Å²) in [6, 6.07) is 9.46. The molecule has 5 nitrogen and oxygen atoms in total. The summed E-state index contributed by atoms with van der Waals surface area (Å²) in [4.78, 5) is 23.3. The van der Waals surface area contributed by atoms with Crippen molar-refractivity contribution in [2.75, 3.05) is 6.61 Å². The van der Waals surface area contributed by atoms with Crippen LogP contribution in [0, 0.1) is 5.41 Å². The lowest BCUT2D eigenvalue weighted by Gasteiger charge is -2.47. The SMILES string of the molecule is CCC1(CC)C(=O)N[C@H]1OCC(=O)OCc1ccccc1. The highest BCUT2D eigenvalue weighted by Gasteiger charge is 2.53. The van der Waals surface area contributed by atoms with E-state index < -0.39 is 17.6 Å². The van der Waals surface area contributed by atoms with Gasteiger partial charge in [-0.15, -0.1) is 0 Å². The quantitative estimate of drug-likeness (QED) is 0.616. The molecule has 5 heteroatoms. The molecular formula is C16H21NO4. The topological polar surface area (TPSA) is 64.6 Å². The van der Waals surface area contributed by atoms with E-state index in [-0.39, 0.29) is 19.1 Å². The molecule has 0 spiro atoms. The fourth-order valence-electron chi connectivity index (χ4n) is 2.52. The van der Waals surface area contributed by atoms with Gasteiger partial charge in [0.2, 0.25) is 5.91 Å². The van der Waals surface area contributed by atoms with Crippen LogP contribution in [0.1, 0.15) is 32.3 Å². The van der Waals surface area contributed by atoms with E-state index in [2.05, 4.69) is 5.32 Å². The molecule has 0 aliphatic carbocycles. The number of esters is 1. The molecule has 1 heterocycles. The molecule has 1 atom stereocenters. The molecule has 1 aliphatic heterocycles. The third kappa shape index (κ3) is 3.24. The average Bonchev–Trinajstić information content (AvgIpc) is 2.51. The van der Waals surface area contributed by atoms with Gasteiger partial charge in [-0.05, 0) is 18.4 Å². The summed E-state index contributed by atoms with van der Waals surface area (Å²) in [6.07, 6.45) is 0.988. The zero-order valence-corrected chi connectivity index (χ0v) is 12.4. The van der Waals surface area contributed by atoms with Crippen molar-refractivity contribution < 1.29 is 19.1 Å². The van der Waals surface area contributed by atoms with Crippen molar-refractivity contribution in [3.8, 4) is 0 Å². The van der Waals surface area contributed by atoms with Crippen molar-refractivity contribution in [1.82, 2.24) is 5.32 Å². The summed E-state index contributed by atoms with van der Waals surface area (Å²) in [5, 5.41) is 2.70. The van der Waals surface area contributed by atoms with Gasteiger partial charge in [0.1, 0.15) is 19.4 Å². The molecule has 0 radical (unpaired) electrons. The molecule has 0 aromatic heterocycles. The molecule has 1 fully saturated rings. The first kappa shape index (κ1) is 15.5. The first-order valence-corrected chi connectivity index (χ1v) is 7.24. The van der Waals surface area contributed by atoms with E-state index in [1.54, 1.807) is 0 Å². The number of ether oxygens (including phenoxy) is 2. The minimum Gasteiger partial charge on any atom is -0.459 e. The Balaban J connectivity index is 1.76. The maximum absolute atomic E-state index is 11.7. The van der Waals surface area contributed by atoms with Crippen LogP contribution in [0.3, 0.4) is 0 Å². The van der Waals surface area contributed by atoms with Crippen molar-refractivity contribution >= 4 is 11.9 Å². The molecule has 0 unspecified atom stereocenters. The minimum absolute atomic E-state index is 0.00449. The maximum Gasteiger partial charge on any atom is 0.332 e. The summed E-state index contributed by atoms with van der Waals surface area (Å²) >= 11 is 0. The molecule has 1 N–H and O–H groups in total. The zero-order chi connectivity index (χ0) is 15.3. The van der Waals surface area contributed by atoms with Crippen LogP contribution in [0.15, 0.2) is 30.3 Å². The summed E-state index contributed by atoms with van der Waals surface area (Å²) < 4.78 is 10.6. The highest BCUT2D eigenvalue weighted by molar-refractivity contribution is 5.89. The lowest BCUT2D eigenvalue weighted by atomic mass is 9.73. The van der Waals surface area contributed by atoms with Crippen LogP contribution in [0.5, 0.6) is 0 Å². The minimum atomic E-state index is -0.500. The van der Waals surface area contributed by atoms with Gasteiger partial charge in [0, 0.05) is 0 Å². The van der Waals surface area contributed by atoms with Crippen LogP contribution in [-0.2, 0) is 25.7 Å². The number of benzene rings is 1. The van der Waals surface area contributed by atoms with Crippen molar-refractivity contribution in [1.29, 1.82) is 0 Å². The highest BCUT2D eigenvalue weighted by atomic mass is 16.6. The van der Waals surface area contributed by atoms with E-state index >= 15 is 0 Å². The molecule has 0 bridgehead atoms. The predicted octanol–water partition coefficient (Wildman–Crippen LogP) is 2.01. The standard InChI is InChI=1S/C16H21NO4/c1-3-16(4-2)14(19)17-15(16)21-11-13(18)20-10-12-8-6-5-7-9-12/h5-9,15H,3-4,10-11H2,1-2H3,(H,17,19)/t15-/m0/s1. The first-order valence-electron chi connectivity index (χ1n) is 7.24. The van der Waals surface area contributed by atoms with Crippen LogP contribution >= 0.6 is 0 Å². The van der Waals surface area contributed by atoms with E-state index in [0.29, 0.717) is 12.8 Å². The predicted molar refractivity (Wildman–Crippen MR) is 77.1 cm³/mol. The van der Waals surface area contributed by atoms with Crippen LogP contribution in [0.4, 0.5) is 0 Å². The number of carbonyl (C=O) groups excluding carboxylic acids is 2. The largest absolute Gasteiger partial charge is 0.459 e. The number of β-lactam (4-membered cyclic amide) rings is 1. The summed E-state index contributed by atoms with van der Waals surface area (Å²) in [5.41, 5.74) is 0.430. The number of nitrogens with one attached hydrogen (secondary N) is 1. The van der Waals surface area contributed by atoms with E-state index in [1.165, 1.54) is 0 Å². The molecule has 2 rings (SSSR count). The molecular weight excluding hydrogens is 270 g/mol. The normalized spacial score (nSPS) is 19.5. The fraction of sp³-hybridized carbons (Fsp3) is 0.500.